The second kappa shape index (κ2) is 22.0. The minimum atomic E-state index is 1.14. The number of benzene rings is 2. The first-order chi connectivity index (χ1) is 29.0. The molecule has 0 atom stereocenters. The van der Waals surface area contributed by atoms with Crippen molar-refractivity contribution in [2.24, 2.45) is 0 Å². The molecule has 0 saturated carbocycles. The molecule has 59 heavy (non-hydrogen) atoms. The Bertz CT molecular complexity index is 2180. The Kier molecular flexibility index (Phi) is 16.1. The van der Waals surface area contributed by atoms with E-state index in [0.29, 0.717) is 0 Å². The van der Waals surface area contributed by atoms with Crippen LogP contribution in [-0.2, 0) is 0 Å². The van der Waals surface area contributed by atoms with Gasteiger partial charge >= 0.3 is 0 Å². The monoisotopic (exact) mass is 870 g/mol. The zero-order valence-electron chi connectivity index (χ0n) is 35.1. The van der Waals surface area contributed by atoms with Crippen molar-refractivity contribution in [3.05, 3.63) is 130 Å². The highest BCUT2D eigenvalue weighted by Gasteiger charge is 2.13. The first kappa shape index (κ1) is 43.1. The summed E-state index contributed by atoms with van der Waals surface area (Å²) < 4.78 is 0. The van der Waals surface area contributed by atoms with Crippen LogP contribution in [0.4, 0.5) is 11.4 Å². The van der Waals surface area contributed by atoms with Gasteiger partial charge in [0.1, 0.15) is 0 Å². The van der Waals surface area contributed by atoms with Crippen LogP contribution in [0, 0.1) is 0 Å². The van der Waals surface area contributed by atoms with Gasteiger partial charge in [0, 0.05) is 86.3 Å². The molecule has 2 nitrogen and oxygen atoms in total. The third-order valence-corrected chi connectivity index (χ3v) is 16.7. The predicted molar refractivity (Wildman–Crippen MR) is 272 cm³/mol. The second-order valence-electron chi connectivity index (χ2n) is 15.1. The Morgan fingerprint density at radius 1 is 0.322 bits per heavy atom. The summed E-state index contributed by atoms with van der Waals surface area (Å²) in [6, 6.07) is 41.0. The molecule has 0 aliphatic carbocycles. The summed E-state index contributed by atoms with van der Waals surface area (Å²) in [5.41, 5.74) is 5.18. The lowest BCUT2D eigenvalue weighted by Crippen LogP contribution is -2.25. The molecule has 0 amide bonds. The number of anilines is 2. The molecule has 0 N–H and O–H groups in total. The highest BCUT2D eigenvalue weighted by molar-refractivity contribution is 7.29. The zero-order chi connectivity index (χ0) is 40.8. The Balaban J connectivity index is 0.942. The van der Waals surface area contributed by atoms with Crippen LogP contribution in [-0.4, -0.2) is 26.2 Å². The summed E-state index contributed by atoms with van der Waals surface area (Å²) in [5, 5.41) is 0. The average molecular weight is 871 g/mol. The van der Waals surface area contributed by atoms with Gasteiger partial charge in [0.2, 0.25) is 0 Å². The van der Waals surface area contributed by atoms with Gasteiger partial charge < -0.3 is 9.80 Å². The lowest BCUT2D eigenvalue weighted by molar-refractivity contribution is 0.678. The maximum atomic E-state index is 2.55. The summed E-state index contributed by atoms with van der Waals surface area (Å²) in [4.78, 5) is 18.3. The first-order valence-electron chi connectivity index (χ1n) is 21.6. The molecule has 0 bridgehead atoms. The molecule has 7 aromatic rings. The van der Waals surface area contributed by atoms with E-state index in [1.54, 1.807) is 0 Å². The molecular formula is C52H58N2S5. The number of rotatable bonds is 22. The lowest BCUT2D eigenvalue weighted by atomic mass is 10.1. The van der Waals surface area contributed by atoms with Crippen molar-refractivity contribution in [3.8, 4) is 39.0 Å². The highest BCUT2D eigenvalue weighted by Crippen LogP contribution is 2.45. The average Bonchev–Trinajstić information content (AvgIpc) is 4.12. The topological polar surface area (TPSA) is 6.48 Å². The molecule has 0 spiro atoms. The van der Waals surface area contributed by atoms with Gasteiger partial charge in [0.25, 0.3) is 0 Å². The smallest absolute Gasteiger partial charge is 0.0449 e. The second-order valence-corrected chi connectivity index (χ2v) is 20.6. The van der Waals surface area contributed by atoms with Gasteiger partial charge in [-0.15, -0.1) is 56.7 Å². The first-order valence-corrected chi connectivity index (χ1v) is 25.7. The van der Waals surface area contributed by atoms with Crippen LogP contribution in [0.2, 0.25) is 0 Å². The van der Waals surface area contributed by atoms with Gasteiger partial charge in [0.15, 0.2) is 0 Å². The summed E-state index contributed by atoms with van der Waals surface area (Å²) in [5.74, 6) is 0. The zero-order valence-corrected chi connectivity index (χ0v) is 39.2. The van der Waals surface area contributed by atoms with Crippen LogP contribution in [0.3, 0.4) is 0 Å². The van der Waals surface area contributed by atoms with Crippen molar-refractivity contribution < 1.29 is 0 Å². The van der Waals surface area contributed by atoms with Gasteiger partial charge in [0.05, 0.1) is 0 Å². The molecule has 5 heterocycles. The minimum absolute atomic E-state index is 1.14. The SMILES string of the molecule is CCCCN(CCCC)c1ccc(/C=C/c2ccc(-c3ccc(-c4ccc(-c5ccc(-c6ccc(/C=C/c7ccc(N(CCCC)CCCC)cc7)s6)s5)s4)s3)s2)cc1. The Labute approximate surface area is 373 Å². The van der Waals surface area contributed by atoms with Crippen molar-refractivity contribution >= 4 is 92.4 Å². The maximum absolute atomic E-state index is 2.55. The fraction of sp³-hybridized carbons (Fsp3) is 0.308. The van der Waals surface area contributed by atoms with E-state index in [9.17, 15) is 0 Å². The number of hydrogen-bond donors (Lipinski definition) is 0. The van der Waals surface area contributed by atoms with E-state index < -0.39 is 0 Å². The normalized spacial score (nSPS) is 11.7. The van der Waals surface area contributed by atoms with Gasteiger partial charge in [-0.05, 0) is 134 Å². The molecule has 0 aliphatic heterocycles. The molecule has 2 aromatic carbocycles. The molecule has 5 aromatic heterocycles. The van der Waals surface area contributed by atoms with Crippen LogP contribution in [0.15, 0.2) is 109 Å². The predicted octanol–water partition coefficient (Wildman–Crippen LogP) is 17.8. The summed E-state index contributed by atoms with van der Waals surface area (Å²) in [6.45, 7) is 13.7. The highest BCUT2D eigenvalue weighted by atomic mass is 32.1. The fourth-order valence-electron chi connectivity index (χ4n) is 7.04. The third kappa shape index (κ3) is 11.9. The maximum Gasteiger partial charge on any atom is 0.0449 e. The fourth-order valence-corrected chi connectivity index (χ4v) is 12.2. The molecule has 0 saturated heterocycles. The van der Waals surface area contributed by atoms with E-state index >= 15 is 0 Å². The Morgan fingerprint density at radius 3 is 0.881 bits per heavy atom. The Hall–Kier alpha value is -3.98. The molecule has 7 rings (SSSR count). The van der Waals surface area contributed by atoms with Gasteiger partial charge in [-0.3, -0.25) is 0 Å². The molecule has 0 aliphatic rings. The van der Waals surface area contributed by atoms with Crippen LogP contribution >= 0.6 is 56.7 Å². The third-order valence-electron chi connectivity index (χ3n) is 10.6. The lowest BCUT2D eigenvalue weighted by Gasteiger charge is -2.24. The van der Waals surface area contributed by atoms with Crippen molar-refractivity contribution in [3.63, 3.8) is 0 Å². The molecule has 0 radical (unpaired) electrons. The van der Waals surface area contributed by atoms with Gasteiger partial charge in [-0.25, -0.2) is 0 Å². The van der Waals surface area contributed by atoms with Crippen LogP contribution in [0.5, 0.6) is 0 Å². The number of thiophene rings is 5. The van der Waals surface area contributed by atoms with Crippen LogP contribution in [0.1, 0.15) is 99.9 Å². The van der Waals surface area contributed by atoms with Crippen molar-refractivity contribution in [2.75, 3.05) is 36.0 Å². The van der Waals surface area contributed by atoms with Gasteiger partial charge in [-0.1, -0.05) is 89.8 Å². The van der Waals surface area contributed by atoms with E-state index in [-0.39, 0.29) is 0 Å². The summed E-state index contributed by atoms with van der Waals surface area (Å²) in [7, 11) is 0. The van der Waals surface area contributed by atoms with Crippen molar-refractivity contribution in [1.29, 1.82) is 0 Å². The summed E-state index contributed by atoms with van der Waals surface area (Å²) >= 11 is 9.42. The standard InChI is InChI=1S/C52H58N2S5/c1-5-9-35-53(36-10-6-2)41-19-13-39(14-20-41)17-23-43-25-27-45(55-43)47-29-31-49(57-47)51-33-34-52(59-51)50-32-30-48(58-50)46-28-26-44(56-46)24-18-40-15-21-42(22-16-40)54(37-11-7-3)38-12-8-4/h13-34H,5-12,35-38H2,1-4H3/b23-17+,24-18+. The molecular weight excluding hydrogens is 813 g/mol. The quantitative estimate of drug-likeness (QED) is 0.0670. The van der Waals surface area contributed by atoms with E-state index in [4.69, 9.17) is 0 Å². The molecule has 0 unspecified atom stereocenters. The largest absolute Gasteiger partial charge is 0.372 e. The number of nitrogens with zero attached hydrogens (tertiary/aromatic N) is 2. The van der Waals surface area contributed by atoms with Crippen LogP contribution < -0.4 is 9.80 Å². The van der Waals surface area contributed by atoms with Crippen LogP contribution in [0.25, 0.3) is 63.3 Å². The van der Waals surface area contributed by atoms with E-state index in [0.717, 1.165) is 26.2 Å². The molecule has 0 fully saturated rings. The van der Waals surface area contributed by atoms with Crippen molar-refractivity contribution in [1.82, 2.24) is 0 Å². The van der Waals surface area contributed by atoms with Gasteiger partial charge in [-0.2, -0.15) is 0 Å². The van der Waals surface area contributed by atoms with E-state index in [1.807, 2.05) is 56.7 Å². The molecule has 306 valence electrons. The summed E-state index contributed by atoms with van der Waals surface area (Å²) in [6.07, 6.45) is 18.9. The van der Waals surface area contributed by atoms with E-state index in [2.05, 4.69) is 171 Å². The Morgan fingerprint density at radius 2 is 0.593 bits per heavy atom. The van der Waals surface area contributed by atoms with Crippen molar-refractivity contribution in [2.45, 2.75) is 79.1 Å². The number of hydrogen-bond acceptors (Lipinski definition) is 7. The van der Waals surface area contributed by atoms with E-state index in [1.165, 1.54) is 123 Å². The minimum Gasteiger partial charge on any atom is -0.372 e. The molecule has 7 heteroatoms. The number of unbranched alkanes of at least 4 members (excludes halogenated alkanes) is 4.